The Morgan fingerprint density at radius 1 is 1.11 bits per heavy atom. The number of likely N-dealkylation sites (tertiary alicyclic amines) is 1. The van der Waals surface area contributed by atoms with E-state index in [-0.39, 0.29) is 17.4 Å². The van der Waals surface area contributed by atoms with Crippen molar-refractivity contribution in [1.82, 2.24) is 25.5 Å². The Morgan fingerprint density at radius 2 is 1.84 bits per heavy atom. The van der Waals surface area contributed by atoms with Crippen molar-refractivity contribution < 1.29 is 14.4 Å². The first-order valence-electron chi connectivity index (χ1n) is 14.4. The fourth-order valence-electron chi connectivity index (χ4n) is 6.38. The summed E-state index contributed by atoms with van der Waals surface area (Å²) in [6.07, 6.45) is 13.3. The first-order valence-corrected chi connectivity index (χ1v) is 14.4. The molecular weight excluding hydrogens is 478 g/mol. The molecule has 8 heteroatoms. The highest BCUT2D eigenvalue weighted by atomic mass is 16.2. The van der Waals surface area contributed by atoms with Crippen molar-refractivity contribution in [1.29, 1.82) is 0 Å². The molecule has 0 spiro atoms. The van der Waals surface area contributed by atoms with E-state index in [0.29, 0.717) is 50.6 Å². The number of piperidine rings is 1. The van der Waals surface area contributed by atoms with Crippen molar-refractivity contribution >= 4 is 17.7 Å². The van der Waals surface area contributed by atoms with Crippen LogP contribution < -0.4 is 10.6 Å². The summed E-state index contributed by atoms with van der Waals surface area (Å²) in [5.74, 6) is 0.761. The van der Waals surface area contributed by atoms with Crippen molar-refractivity contribution in [2.45, 2.75) is 83.6 Å². The Bertz CT molecular complexity index is 1030. The van der Waals surface area contributed by atoms with Crippen LogP contribution >= 0.6 is 0 Å². The molecular formula is C30H43N5O3. The van der Waals surface area contributed by atoms with Crippen LogP contribution in [0.15, 0.2) is 42.9 Å². The van der Waals surface area contributed by atoms with E-state index in [4.69, 9.17) is 0 Å². The summed E-state index contributed by atoms with van der Waals surface area (Å²) in [5.41, 5.74) is 1.57. The van der Waals surface area contributed by atoms with Crippen LogP contribution in [0, 0.1) is 11.3 Å². The number of amides is 3. The van der Waals surface area contributed by atoms with Gasteiger partial charge in [0.05, 0.1) is 12.0 Å². The van der Waals surface area contributed by atoms with Gasteiger partial charge < -0.3 is 20.5 Å². The van der Waals surface area contributed by atoms with E-state index in [0.717, 1.165) is 43.4 Å². The number of urea groups is 1. The lowest BCUT2D eigenvalue weighted by Gasteiger charge is -2.47. The third-order valence-corrected chi connectivity index (χ3v) is 8.49. The normalized spacial score (nSPS) is 18.5. The molecule has 38 heavy (non-hydrogen) atoms. The molecule has 0 unspecified atom stereocenters. The van der Waals surface area contributed by atoms with E-state index in [1.165, 1.54) is 19.3 Å². The van der Waals surface area contributed by atoms with Crippen LogP contribution in [0.5, 0.6) is 0 Å². The highest BCUT2D eigenvalue weighted by Crippen LogP contribution is 2.47. The summed E-state index contributed by atoms with van der Waals surface area (Å²) in [4.78, 5) is 48.9. The van der Waals surface area contributed by atoms with Crippen molar-refractivity contribution in [2.24, 2.45) is 11.3 Å². The summed E-state index contributed by atoms with van der Waals surface area (Å²) in [6, 6.07) is 8.76. The van der Waals surface area contributed by atoms with E-state index in [9.17, 15) is 14.4 Å². The van der Waals surface area contributed by atoms with Gasteiger partial charge >= 0.3 is 6.03 Å². The second kappa shape index (κ2) is 13.6. The molecule has 1 aliphatic carbocycles. The summed E-state index contributed by atoms with van der Waals surface area (Å²) in [5, 5.41) is 5.79. The molecule has 2 aromatic rings. The van der Waals surface area contributed by atoms with Crippen molar-refractivity contribution in [3.63, 3.8) is 0 Å². The Labute approximate surface area is 226 Å². The number of rotatable bonds is 11. The highest BCUT2D eigenvalue weighted by Gasteiger charge is 2.47. The molecule has 0 bridgehead atoms. The summed E-state index contributed by atoms with van der Waals surface area (Å²) >= 11 is 0. The third kappa shape index (κ3) is 7.03. The number of imidazole rings is 1. The van der Waals surface area contributed by atoms with Crippen molar-refractivity contribution in [3.05, 3.63) is 54.1 Å². The minimum atomic E-state index is -0.670. The number of benzene rings is 1. The zero-order valence-corrected chi connectivity index (χ0v) is 22.7. The van der Waals surface area contributed by atoms with Crippen LogP contribution in [0.3, 0.4) is 0 Å². The standard InChI is InChI=1S/C30H43N5O3/c1-2-9-27(36)30(24-12-7-4-8-13-24)15-18-35(19-16-30)28(37)26(20-23-10-5-3-6-11-23)34-29(38)32-17-14-25-21-31-22-33-25/h3,5-6,10-11,21-22,24,26H,2,4,7-9,12-20H2,1H3,(H,31,33)(H2,32,34,38)/t26-/m1/s1. The van der Waals surface area contributed by atoms with Gasteiger partial charge in [0.15, 0.2) is 0 Å². The van der Waals surface area contributed by atoms with Gasteiger partial charge in [-0.25, -0.2) is 9.78 Å². The Kier molecular flexibility index (Phi) is 9.96. The molecule has 4 rings (SSSR count). The largest absolute Gasteiger partial charge is 0.351 e. The number of hydrogen-bond donors (Lipinski definition) is 3. The van der Waals surface area contributed by atoms with Gasteiger partial charge in [-0.3, -0.25) is 9.59 Å². The molecule has 2 aliphatic rings. The number of ketones is 1. The lowest BCUT2D eigenvalue weighted by Crippen LogP contribution is -2.56. The molecule has 1 atom stereocenters. The van der Waals surface area contributed by atoms with Gasteiger partial charge in [0, 0.05) is 50.5 Å². The smallest absolute Gasteiger partial charge is 0.315 e. The Hall–Kier alpha value is -3.16. The van der Waals surface area contributed by atoms with Crippen LogP contribution in [-0.2, 0) is 22.4 Å². The minimum absolute atomic E-state index is 0.0727. The number of nitrogens with one attached hydrogen (secondary N) is 3. The average molecular weight is 522 g/mol. The van der Waals surface area contributed by atoms with Crippen LogP contribution in [0.4, 0.5) is 4.79 Å². The monoisotopic (exact) mass is 521 g/mol. The number of aromatic amines is 1. The topological polar surface area (TPSA) is 107 Å². The molecule has 1 aromatic carbocycles. The quantitative estimate of drug-likeness (QED) is 0.407. The zero-order valence-electron chi connectivity index (χ0n) is 22.7. The maximum absolute atomic E-state index is 13.8. The molecule has 2 fully saturated rings. The number of Topliss-reactive ketones (excluding diaryl/α,β-unsaturated/α-hetero) is 1. The van der Waals surface area contributed by atoms with Gasteiger partial charge in [0.2, 0.25) is 5.91 Å². The Balaban J connectivity index is 1.41. The zero-order chi connectivity index (χ0) is 26.8. The predicted molar refractivity (Wildman–Crippen MR) is 147 cm³/mol. The van der Waals surface area contributed by atoms with E-state index in [1.54, 1.807) is 12.5 Å². The first-order chi connectivity index (χ1) is 18.5. The molecule has 1 aliphatic heterocycles. The average Bonchev–Trinajstić information content (AvgIpc) is 3.47. The van der Waals surface area contributed by atoms with Crippen LogP contribution in [0.1, 0.15) is 76.0 Å². The Morgan fingerprint density at radius 3 is 2.50 bits per heavy atom. The van der Waals surface area contributed by atoms with Crippen molar-refractivity contribution in [3.8, 4) is 0 Å². The molecule has 1 aromatic heterocycles. The van der Waals surface area contributed by atoms with E-state index in [2.05, 4.69) is 27.5 Å². The summed E-state index contributed by atoms with van der Waals surface area (Å²) in [7, 11) is 0. The fourth-order valence-corrected chi connectivity index (χ4v) is 6.38. The number of carbonyl (C=O) groups is 3. The molecule has 1 saturated heterocycles. The van der Waals surface area contributed by atoms with Crippen LogP contribution in [-0.4, -0.2) is 58.3 Å². The van der Waals surface area contributed by atoms with Gasteiger partial charge in [0.1, 0.15) is 11.8 Å². The third-order valence-electron chi connectivity index (χ3n) is 8.49. The predicted octanol–water partition coefficient (Wildman–Crippen LogP) is 4.42. The summed E-state index contributed by atoms with van der Waals surface area (Å²) in [6.45, 7) is 3.64. The molecule has 2 heterocycles. The fraction of sp³-hybridized carbons (Fsp3) is 0.600. The number of carbonyl (C=O) groups excluding carboxylic acids is 3. The minimum Gasteiger partial charge on any atom is -0.351 e. The molecule has 0 radical (unpaired) electrons. The number of hydrogen-bond acceptors (Lipinski definition) is 4. The lowest BCUT2D eigenvalue weighted by atomic mass is 9.61. The van der Waals surface area contributed by atoms with Gasteiger partial charge in [-0.2, -0.15) is 0 Å². The van der Waals surface area contributed by atoms with Crippen molar-refractivity contribution in [2.75, 3.05) is 19.6 Å². The number of H-pyrrole nitrogens is 1. The van der Waals surface area contributed by atoms with E-state index >= 15 is 0 Å². The highest BCUT2D eigenvalue weighted by molar-refractivity contribution is 5.88. The van der Waals surface area contributed by atoms with Gasteiger partial charge in [-0.1, -0.05) is 56.5 Å². The number of nitrogens with zero attached hydrogens (tertiary/aromatic N) is 2. The molecule has 206 valence electrons. The molecule has 3 amide bonds. The van der Waals surface area contributed by atoms with E-state index < -0.39 is 6.04 Å². The SMILES string of the molecule is CCCC(=O)C1(C2CCCCC2)CCN(C(=O)[C@@H](Cc2ccccc2)NC(=O)NCCc2c[nH]cn2)CC1. The molecule has 8 nitrogen and oxygen atoms in total. The molecule has 1 saturated carbocycles. The number of aromatic nitrogens is 2. The summed E-state index contributed by atoms with van der Waals surface area (Å²) < 4.78 is 0. The second-order valence-corrected chi connectivity index (χ2v) is 10.9. The maximum Gasteiger partial charge on any atom is 0.315 e. The first kappa shape index (κ1) is 27.9. The van der Waals surface area contributed by atoms with Crippen LogP contribution in [0.25, 0.3) is 0 Å². The van der Waals surface area contributed by atoms with Gasteiger partial charge in [0.25, 0.3) is 0 Å². The van der Waals surface area contributed by atoms with Gasteiger partial charge in [-0.05, 0) is 43.6 Å². The van der Waals surface area contributed by atoms with Gasteiger partial charge in [-0.15, -0.1) is 0 Å². The molecule has 3 N–H and O–H groups in total. The lowest BCUT2D eigenvalue weighted by molar-refractivity contribution is -0.144. The van der Waals surface area contributed by atoms with Crippen LogP contribution in [0.2, 0.25) is 0 Å². The van der Waals surface area contributed by atoms with E-state index in [1.807, 2.05) is 35.2 Å². The maximum atomic E-state index is 13.8. The second-order valence-electron chi connectivity index (χ2n) is 10.9.